The maximum Gasteiger partial charge on any atom is 0.123 e. The lowest BCUT2D eigenvalue weighted by Crippen LogP contribution is -2.21. The van der Waals surface area contributed by atoms with Crippen molar-refractivity contribution in [2.45, 2.75) is 17.7 Å². The van der Waals surface area contributed by atoms with Crippen LogP contribution in [0, 0.1) is 11.7 Å². The fourth-order valence-electron chi connectivity index (χ4n) is 3.59. The van der Waals surface area contributed by atoms with Crippen LogP contribution in [-0.2, 0) is 17.7 Å². The molecule has 0 heterocycles. The topological polar surface area (TPSA) is 0 Å². The Morgan fingerprint density at radius 2 is 1.72 bits per heavy atom. The normalized spacial score (nSPS) is 27.8. The maximum atomic E-state index is 13.5. The molecule has 0 nitrogen and oxygen atoms in total. The summed E-state index contributed by atoms with van der Waals surface area (Å²) in [4.78, 5) is -0.506. The number of hydrogen-bond acceptors (Lipinski definition) is 0. The van der Waals surface area contributed by atoms with Gasteiger partial charge in [-0.05, 0) is 53.1 Å². The molecule has 0 fully saturated rings. The Morgan fingerprint density at radius 3 is 2.56 bits per heavy atom. The number of benzene rings is 2. The van der Waals surface area contributed by atoms with Crippen LogP contribution in [0.1, 0.15) is 22.3 Å². The third kappa shape index (κ3) is 1.16. The van der Waals surface area contributed by atoms with Crippen molar-refractivity contribution in [1.82, 2.24) is 0 Å². The lowest BCUT2D eigenvalue weighted by Gasteiger charge is -2.24. The van der Waals surface area contributed by atoms with E-state index in [9.17, 15) is 4.39 Å². The molecule has 0 amide bonds. The summed E-state index contributed by atoms with van der Waals surface area (Å²) < 4.78 is 13.5. The van der Waals surface area contributed by atoms with Crippen LogP contribution in [0.15, 0.2) is 42.5 Å². The van der Waals surface area contributed by atoms with E-state index in [1.165, 1.54) is 22.8 Å². The third-order valence-electron chi connectivity index (χ3n) is 4.37. The summed E-state index contributed by atoms with van der Waals surface area (Å²) in [7, 11) is 0. The molecule has 4 rings (SSSR count). The Labute approximate surface area is 110 Å². The van der Waals surface area contributed by atoms with Crippen molar-refractivity contribution in [3.63, 3.8) is 0 Å². The van der Waals surface area contributed by atoms with Gasteiger partial charge in [0.25, 0.3) is 0 Å². The van der Waals surface area contributed by atoms with Gasteiger partial charge in [-0.2, -0.15) is 0 Å². The van der Waals surface area contributed by atoms with Crippen LogP contribution in [0.4, 0.5) is 4.39 Å². The lowest BCUT2D eigenvalue weighted by molar-refractivity contribution is 0.501. The second kappa shape index (κ2) is 3.36. The summed E-state index contributed by atoms with van der Waals surface area (Å²) >= 11 is 6.93. The second-order valence-electron chi connectivity index (χ2n) is 5.28. The van der Waals surface area contributed by atoms with Gasteiger partial charge in [0.05, 0.1) is 4.87 Å². The quantitative estimate of drug-likeness (QED) is 0.626. The van der Waals surface area contributed by atoms with Gasteiger partial charge in [0, 0.05) is 0 Å². The van der Waals surface area contributed by atoms with E-state index in [0.29, 0.717) is 5.92 Å². The fourth-order valence-corrected chi connectivity index (χ4v) is 4.10. The lowest BCUT2D eigenvalue weighted by atomic mass is 9.91. The molecule has 2 unspecified atom stereocenters. The highest BCUT2D eigenvalue weighted by molar-refractivity contribution is 6.27. The molecule has 0 N–H and O–H groups in total. The van der Waals surface area contributed by atoms with Crippen LogP contribution in [0.25, 0.3) is 0 Å². The number of fused-ring (bicyclic) bond motifs is 5. The molecule has 2 heteroatoms. The summed E-state index contributed by atoms with van der Waals surface area (Å²) in [5.74, 6) is 0.173. The van der Waals surface area contributed by atoms with Crippen LogP contribution in [0.3, 0.4) is 0 Å². The van der Waals surface area contributed by atoms with Crippen LogP contribution in [0.2, 0.25) is 0 Å². The average Bonchev–Trinajstić information content (AvgIpc) is 2.80. The molecule has 90 valence electrons. The van der Waals surface area contributed by atoms with E-state index in [1.807, 2.05) is 18.2 Å². The van der Waals surface area contributed by atoms with Gasteiger partial charge >= 0.3 is 0 Å². The molecule has 0 saturated carbocycles. The SMILES string of the molecule is Fc1ccc2c(c1)C1(Cl)c3ccccc3CC1C2. The first-order chi connectivity index (χ1) is 8.69. The van der Waals surface area contributed by atoms with E-state index >= 15 is 0 Å². The van der Waals surface area contributed by atoms with Gasteiger partial charge in [-0.25, -0.2) is 4.39 Å². The van der Waals surface area contributed by atoms with Crippen molar-refractivity contribution in [2.24, 2.45) is 5.92 Å². The average molecular weight is 259 g/mol. The molecule has 2 aromatic carbocycles. The van der Waals surface area contributed by atoms with Gasteiger partial charge in [0.1, 0.15) is 5.82 Å². The van der Waals surface area contributed by atoms with Crippen LogP contribution in [0.5, 0.6) is 0 Å². The van der Waals surface area contributed by atoms with Gasteiger partial charge in [0.15, 0.2) is 0 Å². The van der Waals surface area contributed by atoms with Crippen LogP contribution in [-0.4, -0.2) is 0 Å². The molecule has 18 heavy (non-hydrogen) atoms. The zero-order chi connectivity index (χ0) is 12.3. The van der Waals surface area contributed by atoms with Crippen molar-refractivity contribution in [1.29, 1.82) is 0 Å². The third-order valence-corrected chi connectivity index (χ3v) is 5.08. The van der Waals surface area contributed by atoms with Gasteiger partial charge in [0.2, 0.25) is 0 Å². The number of halogens is 2. The van der Waals surface area contributed by atoms with Gasteiger partial charge in [-0.1, -0.05) is 30.3 Å². The highest BCUT2D eigenvalue weighted by atomic mass is 35.5. The molecular weight excluding hydrogens is 247 g/mol. The van der Waals surface area contributed by atoms with E-state index in [1.54, 1.807) is 6.07 Å². The largest absolute Gasteiger partial charge is 0.207 e. The zero-order valence-corrected chi connectivity index (χ0v) is 10.5. The first-order valence-electron chi connectivity index (χ1n) is 6.26. The van der Waals surface area contributed by atoms with Crippen molar-refractivity contribution >= 4 is 11.6 Å². The Kier molecular flexibility index (Phi) is 1.97. The minimum atomic E-state index is -0.506. The van der Waals surface area contributed by atoms with Crippen LogP contribution >= 0.6 is 11.6 Å². The molecule has 2 aliphatic carbocycles. The summed E-state index contributed by atoms with van der Waals surface area (Å²) in [6, 6.07) is 13.3. The Balaban J connectivity index is 2.00. The summed E-state index contributed by atoms with van der Waals surface area (Å²) in [5.41, 5.74) is 4.65. The zero-order valence-electron chi connectivity index (χ0n) is 9.79. The smallest absolute Gasteiger partial charge is 0.123 e. The minimum absolute atomic E-state index is 0.196. The van der Waals surface area contributed by atoms with E-state index in [0.717, 1.165) is 18.4 Å². The number of rotatable bonds is 0. The number of alkyl halides is 1. The van der Waals surface area contributed by atoms with Crippen molar-refractivity contribution in [3.05, 3.63) is 70.5 Å². The first kappa shape index (κ1) is 10.6. The summed E-state index contributed by atoms with van der Waals surface area (Å²) in [5, 5.41) is 0. The fraction of sp³-hybridized carbons (Fsp3) is 0.250. The first-order valence-corrected chi connectivity index (χ1v) is 6.63. The van der Waals surface area contributed by atoms with Gasteiger partial charge in [-0.3, -0.25) is 0 Å². The molecule has 0 bridgehead atoms. The summed E-state index contributed by atoms with van der Waals surface area (Å²) in [6.45, 7) is 0. The molecule has 0 saturated heterocycles. The van der Waals surface area contributed by atoms with E-state index in [-0.39, 0.29) is 5.82 Å². The van der Waals surface area contributed by atoms with E-state index < -0.39 is 4.87 Å². The van der Waals surface area contributed by atoms with E-state index in [4.69, 9.17) is 11.6 Å². The standard InChI is InChI=1S/C16H12ClF/c17-16-12(7-10-3-1-2-4-14(10)16)8-11-5-6-13(18)9-15(11)16/h1-6,9,12H,7-8H2. The predicted octanol–water partition coefficient (Wildman–Crippen LogP) is 4.04. The number of hydrogen-bond donors (Lipinski definition) is 0. The monoisotopic (exact) mass is 258 g/mol. The highest BCUT2D eigenvalue weighted by Gasteiger charge is 2.51. The van der Waals surface area contributed by atoms with E-state index in [2.05, 4.69) is 12.1 Å². The second-order valence-corrected chi connectivity index (χ2v) is 5.87. The van der Waals surface area contributed by atoms with Gasteiger partial charge in [-0.15, -0.1) is 11.6 Å². The Hall–Kier alpha value is -1.34. The maximum absolute atomic E-state index is 13.5. The molecule has 2 aromatic rings. The van der Waals surface area contributed by atoms with Crippen LogP contribution < -0.4 is 0 Å². The molecule has 0 aliphatic heterocycles. The van der Waals surface area contributed by atoms with Crippen molar-refractivity contribution in [3.8, 4) is 0 Å². The predicted molar refractivity (Wildman–Crippen MR) is 70.4 cm³/mol. The molecule has 2 aliphatic rings. The van der Waals surface area contributed by atoms with Crippen molar-refractivity contribution in [2.75, 3.05) is 0 Å². The molecule has 0 spiro atoms. The molecular formula is C16H12ClF. The molecule has 0 aromatic heterocycles. The Bertz CT molecular complexity index is 649. The summed E-state index contributed by atoms with van der Waals surface area (Å²) in [6.07, 6.45) is 1.95. The molecule has 0 radical (unpaired) electrons. The minimum Gasteiger partial charge on any atom is -0.207 e. The molecule has 2 atom stereocenters. The highest BCUT2D eigenvalue weighted by Crippen LogP contribution is 2.57. The van der Waals surface area contributed by atoms with Gasteiger partial charge < -0.3 is 0 Å². The van der Waals surface area contributed by atoms with Crippen molar-refractivity contribution < 1.29 is 4.39 Å². The Morgan fingerprint density at radius 1 is 1.00 bits per heavy atom.